The zero-order valence-electron chi connectivity index (χ0n) is 7.83. The van der Waals surface area contributed by atoms with Gasteiger partial charge in [-0.05, 0) is 24.6 Å². The molecule has 0 aliphatic carbocycles. The minimum Gasteiger partial charge on any atom is -0.504 e. The van der Waals surface area contributed by atoms with Crippen molar-refractivity contribution in [2.45, 2.75) is 27.2 Å². The zero-order chi connectivity index (χ0) is 9.56. The van der Waals surface area contributed by atoms with Gasteiger partial charge in [0.25, 0.3) is 0 Å². The molecule has 2 N–H and O–H groups in total. The fraction of sp³-hybridized carbons (Fsp3) is 0.400. The van der Waals surface area contributed by atoms with Gasteiger partial charge in [-0.2, -0.15) is 0 Å². The molecule has 0 saturated carbocycles. The van der Waals surface area contributed by atoms with Crippen molar-refractivity contribution in [3.05, 3.63) is 23.8 Å². The fourth-order valence-corrected chi connectivity index (χ4v) is 0.633. The van der Waals surface area contributed by atoms with Crippen LogP contribution in [0.4, 0.5) is 0 Å². The third-order valence-corrected chi connectivity index (χ3v) is 1.13. The van der Waals surface area contributed by atoms with Gasteiger partial charge in [0.2, 0.25) is 0 Å². The van der Waals surface area contributed by atoms with Crippen molar-refractivity contribution in [3.63, 3.8) is 0 Å². The minimum atomic E-state index is -0.0689. The second kappa shape index (κ2) is 5.47. The van der Waals surface area contributed by atoms with Crippen molar-refractivity contribution < 1.29 is 10.2 Å². The Balaban J connectivity index is 0.000000354. The highest BCUT2D eigenvalue weighted by molar-refractivity contribution is 5.39. The van der Waals surface area contributed by atoms with Crippen LogP contribution in [0.25, 0.3) is 0 Å². The van der Waals surface area contributed by atoms with Gasteiger partial charge in [-0.3, -0.25) is 0 Å². The van der Waals surface area contributed by atoms with Crippen molar-refractivity contribution in [3.8, 4) is 11.5 Å². The number of benzene rings is 1. The molecule has 1 aromatic rings. The lowest BCUT2D eigenvalue weighted by atomic mass is 10.2. The van der Waals surface area contributed by atoms with Crippen LogP contribution >= 0.6 is 0 Å². The van der Waals surface area contributed by atoms with Gasteiger partial charge in [0.05, 0.1) is 0 Å². The molecule has 0 amide bonds. The SMILES string of the molecule is CCC.Cc1ccc(O)c(O)c1. The highest BCUT2D eigenvalue weighted by Crippen LogP contribution is 2.23. The summed E-state index contributed by atoms with van der Waals surface area (Å²) in [5.41, 5.74) is 0.935. The van der Waals surface area contributed by atoms with Crippen molar-refractivity contribution in [1.82, 2.24) is 0 Å². The smallest absolute Gasteiger partial charge is 0.157 e. The molecule has 0 aromatic heterocycles. The van der Waals surface area contributed by atoms with Gasteiger partial charge in [-0.1, -0.05) is 26.3 Å². The fourth-order valence-electron chi connectivity index (χ4n) is 0.633. The number of aryl methyl sites for hydroxylation is 1. The molecule has 2 heteroatoms. The maximum absolute atomic E-state index is 8.85. The predicted molar refractivity (Wildman–Crippen MR) is 50.5 cm³/mol. The Hall–Kier alpha value is -1.18. The zero-order valence-corrected chi connectivity index (χ0v) is 7.83. The van der Waals surface area contributed by atoms with Crippen molar-refractivity contribution in [2.24, 2.45) is 0 Å². The Labute approximate surface area is 73.5 Å². The van der Waals surface area contributed by atoms with E-state index in [1.54, 1.807) is 6.07 Å². The molecule has 0 aliphatic heterocycles. The number of phenolic OH excluding ortho intramolecular Hbond substituents is 2. The number of rotatable bonds is 0. The molecule has 12 heavy (non-hydrogen) atoms. The van der Waals surface area contributed by atoms with E-state index in [9.17, 15) is 0 Å². The average Bonchev–Trinajstić information content (AvgIpc) is 1.99. The number of aromatic hydroxyl groups is 2. The lowest BCUT2D eigenvalue weighted by Gasteiger charge is -1.95. The summed E-state index contributed by atoms with van der Waals surface area (Å²) in [6.45, 7) is 6.10. The van der Waals surface area contributed by atoms with Gasteiger partial charge in [-0.25, -0.2) is 0 Å². The Morgan fingerprint density at radius 1 is 1.08 bits per heavy atom. The van der Waals surface area contributed by atoms with Crippen LogP contribution in [0.3, 0.4) is 0 Å². The number of hydrogen-bond donors (Lipinski definition) is 2. The Bertz CT molecular complexity index is 231. The van der Waals surface area contributed by atoms with E-state index in [-0.39, 0.29) is 11.5 Å². The van der Waals surface area contributed by atoms with Crippen LogP contribution in [0, 0.1) is 6.92 Å². The molecule has 0 unspecified atom stereocenters. The monoisotopic (exact) mass is 168 g/mol. The van der Waals surface area contributed by atoms with Crippen LogP contribution < -0.4 is 0 Å². The van der Waals surface area contributed by atoms with Gasteiger partial charge < -0.3 is 10.2 Å². The predicted octanol–water partition coefficient (Wildman–Crippen LogP) is 2.82. The van der Waals surface area contributed by atoms with E-state index in [0.29, 0.717) is 0 Å². The van der Waals surface area contributed by atoms with Crippen molar-refractivity contribution in [2.75, 3.05) is 0 Å². The molecule has 0 spiro atoms. The highest BCUT2D eigenvalue weighted by Gasteiger charge is 1.94. The van der Waals surface area contributed by atoms with Gasteiger partial charge in [0, 0.05) is 0 Å². The number of phenols is 2. The molecule has 0 saturated heterocycles. The first-order chi connectivity index (χ1) is 5.61. The Morgan fingerprint density at radius 3 is 1.92 bits per heavy atom. The van der Waals surface area contributed by atoms with Crippen LogP contribution in [0.5, 0.6) is 11.5 Å². The minimum absolute atomic E-state index is 0.0602. The highest BCUT2D eigenvalue weighted by atomic mass is 16.3. The van der Waals surface area contributed by atoms with E-state index in [1.807, 2.05) is 6.92 Å². The second-order valence-corrected chi connectivity index (χ2v) is 2.70. The van der Waals surface area contributed by atoms with Crippen LogP contribution in [0.2, 0.25) is 0 Å². The third-order valence-electron chi connectivity index (χ3n) is 1.13. The third kappa shape index (κ3) is 3.86. The van der Waals surface area contributed by atoms with Gasteiger partial charge in [0.1, 0.15) is 0 Å². The summed E-state index contributed by atoms with van der Waals surface area (Å²) in [6.07, 6.45) is 1.25. The number of hydrogen-bond acceptors (Lipinski definition) is 2. The van der Waals surface area contributed by atoms with Gasteiger partial charge in [-0.15, -0.1) is 0 Å². The van der Waals surface area contributed by atoms with E-state index >= 15 is 0 Å². The molecule has 1 rings (SSSR count). The second-order valence-electron chi connectivity index (χ2n) is 2.70. The van der Waals surface area contributed by atoms with E-state index in [1.165, 1.54) is 18.6 Å². The first-order valence-corrected chi connectivity index (χ1v) is 4.10. The van der Waals surface area contributed by atoms with Crippen LogP contribution in [-0.2, 0) is 0 Å². The summed E-state index contributed by atoms with van der Waals surface area (Å²) in [5.74, 6) is -0.129. The van der Waals surface area contributed by atoms with E-state index in [0.717, 1.165) is 5.56 Å². The first-order valence-electron chi connectivity index (χ1n) is 4.10. The largest absolute Gasteiger partial charge is 0.504 e. The van der Waals surface area contributed by atoms with Crippen LogP contribution in [0.1, 0.15) is 25.8 Å². The van der Waals surface area contributed by atoms with Gasteiger partial charge >= 0.3 is 0 Å². The first kappa shape index (κ1) is 10.8. The lowest BCUT2D eigenvalue weighted by molar-refractivity contribution is 0.403. The topological polar surface area (TPSA) is 40.5 Å². The standard InChI is InChI=1S/C7H8O2.C3H8/c1-5-2-3-6(8)7(9)4-5;1-3-2/h2-4,8-9H,1H3;3H2,1-2H3. The molecule has 0 aliphatic rings. The van der Waals surface area contributed by atoms with Gasteiger partial charge in [0.15, 0.2) is 11.5 Å². The molecular weight excluding hydrogens is 152 g/mol. The van der Waals surface area contributed by atoms with E-state index < -0.39 is 0 Å². The molecule has 1 aromatic carbocycles. The molecule has 2 nitrogen and oxygen atoms in total. The Kier molecular flexibility index (Phi) is 4.93. The summed E-state index contributed by atoms with van der Waals surface area (Å²) in [5, 5.41) is 17.6. The molecule has 0 radical (unpaired) electrons. The summed E-state index contributed by atoms with van der Waals surface area (Å²) in [6, 6.07) is 4.70. The molecular formula is C10H16O2. The average molecular weight is 168 g/mol. The lowest BCUT2D eigenvalue weighted by Crippen LogP contribution is -1.70. The summed E-state index contributed by atoms with van der Waals surface area (Å²) >= 11 is 0. The summed E-state index contributed by atoms with van der Waals surface area (Å²) < 4.78 is 0. The molecule has 0 atom stereocenters. The van der Waals surface area contributed by atoms with Crippen LogP contribution in [0.15, 0.2) is 18.2 Å². The van der Waals surface area contributed by atoms with E-state index in [4.69, 9.17) is 10.2 Å². The quantitative estimate of drug-likeness (QED) is 0.585. The molecule has 68 valence electrons. The maximum Gasteiger partial charge on any atom is 0.157 e. The molecule has 0 heterocycles. The molecule has 0 bridgehead atoms. The van der Waals surface area contributed by atoms with Crippen molar-refractivity contribution in [1.29, 1.82) is 0 Å². The van der Waals surface area contributed by atoms with E-state index in [2.05, 4.69) is 13.8 Å². The normalized spacial score (nSPS) is 8.58. The molecule has 0 fully saturated rings. The summed E-state index contributed by atoms with van der Waals surface area (Å²) in [7, 11) is 0. The maximum atomic E-state index is 8.85. The van der Waals surface area contributed by atoms with Crippen LogP contribution in [-0.4, -0.2) is 10.2 Å². The Morgan fingerprint density at radius 2 is 1.58 bits per heavy atom. The van der Waals surface area contributed by atoms with Crippen molar-refractivity contribution >= 4 is 0 Å². The summed E-state index contributed by atoms with van der Waals surface area (Å²) in [4.78, 5) is 0.